The van der Waals surface area contributed by atoms with E-state index < -0.39 is 0 Å². The highest BCUT2D eigenvalue weighted by atomic mass is 16.2. The van der Waals surface area contributed by atoms with E-state index in [0.717, 1.165) is 11.1 Å². The van der Waals surface area contributed by atoms with Crippen molar-refractivity contribution in [2.24, 2.45) is 0 Å². The number of likely N-dealkylation sites (N-methyl/N-ethyl adjacent to an activating group) is 1. The number of nitrogens with zero attached hydrogens (tertiary/aromatic N) is 2. The Balaban J connectivity index is 1.72. The van der Waals surface area contributed by atoms with Crippen LogP contribution in [0, 0.1) is 0 Å². The van der Waals surface area contributed by atoms with Gasteiger partial charge in [0.05, 0.1) is 0 Å². The molecule has 4 nitrogen and oxygen atoms in total. The average Bonchev–Trinajstić information content (AvgIpc) is 2.61. The first-order valence-corrected chi connectivity index (χ1v) is 7.75. The van der Waals surface area contributed by atoms with Crippen LogP contribution in [0.25, 0.3) is 16.8 Å². The van der Waals surface area contributed by atoms with Gasteiger partial charge in [-0.05, 0) is 40.1 Å². The molecule has 2 aromatic carbocycles. The van der Waals surface area contributed by atoms with Gasteiger partial charge in [-0.1, -0.05) is 42.5 Å². The molecule has 4 heteroatoms. The summed E-state index contributed by atoms with van der Waals surface area (Å²) >= 11 is 0. The molecule has 0 saturated heterocycles. The third kappa shape index (κ3) is 3.60. The summed E-state index contributed by atoms with van der Waals surface area (Å²) in [5.74, 6) is 0.409. The summed E-state index contributed by atoms with van der Waals surface area (Å²) in [5.41, 5.74) is 7.53. The zero-order chi connectivity index (χ0) is 16.9. The van der Waals surface area contributed by atoms with E-state index in [-0.39, 0.29) is 5.91 Å². The third-order valence-corrected chi connectivity index (χ3v) is 3.89. The monoisotopic (exact) mass is 317 g/mol. The quantitative estimate of drug-likeness (QED) is 0.749. The Kier molecular flexibility index (Phi) is 4.57. The molecule has 0 atom stereocenters. The number of nitrogens with two attached hydrogens (primary N) is 1. The van der Waals surface area contributed by atoms with E-state index in [1.165, 1.54) is 10.8 Å². The SMILES string of the molecule is CN(Cc1cccc2ccccc12)C(=O)/C=C/c1ccc(N)nc1. The van der Waals surface area contributed by atoms with Gasteiger partial charge in [-0.25, -0.2) is 4.98 Å². The molecule has 24 heavy (non-hydrogen) atoms. The van der Waals surface area contributed by atoms with Gasteiger partial charge in [0.15, 0.2) is 0 Å². The third-order valence-electron chi connectivity index (χ3n) is 3.89. The fourth-order valence-corrected chi connectivity index (χ4v) is 2.57. The molecule has 0 aliphatic carbocycles. The largest absolute Gasteiger partial charge is 0.384 e. The van der Waals surface area contributed by atoms with Crippen LogP contribution in [0.3, 0.4) is 0 Å². The number of aromatic nitrogens is 1. The zero-order valence-corrected chi connectivity index (χ0v) is 13.5. The summed E-state index contributed by atoms with van der Waals surface area (Å²) < 4.78 is 0. The number of pyridine rings is 1. The number of hydrogen-bond donors (Lipinski definition) is 1. The molecule has 1 aromatic heterocycles. The molecule has 0 fully saturated rings. The van der Waals surface area contributed by atoms with E-state index in [1.54, 1.807) is 36.4 Å². The summed E-state index contributed by atoms with van der Waals surface area (Å²) in [4.78, 5) is 18.0. The molecule has 3 aromatic rings. The fraction of sp³-hybridized carbons (Fsp3) is 0.100. The highest BCUT2D eigenvalue weighted by Gasteiger charge is 2.08. The second-order valence-electron chi connectivity index (χ2n) is 5.68. The van der Waals surface area contributed by atoms with Gasteiger partial charge in [0.1, 0.15) is 5.82 Å². The predicted octanol–water partition coefficient (Wildman–Crippen LogP) is 3.49. The van der Waals surface area contributed by atoms with Gasteiger partial charge in [0.2, 0.25) is 5.91 Å². The van der Waals surface area contributed by atoms with Crippen LogP contribution in [-0.2, 0) is 11.3 Å². The molecule has 2 N–H and O–H groups in total. The van der Waals surface area contributed by atoms with Gasteiger partial charge in [-0.15, -0.1) is 0 Å². The van der Waals surface area contributed by atoms with E-state index in [2.05, 4.69) is 29.2 Å². The Labute approximate surface area is 141 Å². The van der Waals surface area contributed by atoms with Gasteiger partial charge in [0, 0.05) is 25.9 Å². The minimum absolute atomic E-state index is 0.0558. The Morgan fingerprint density at radius 1 is 1.12 bits per heavy atom. The number of hydrogen-bond acceptors (Lipinski definition) is 3. The molecular formula is C20H19N3O. The van der Waals surface area contributed by atoms with Crippen LogP contribution in [0.4, 0.5) is 5.82 Å². The first-order chi connectivity index (χ1) is 11.6. The molecule has 0 aliphatic heterocycles. The van der Waals surface area contributed by atoms with E-state index in [9.17, 15) is 4.79 Å². The Morgan fingerprint density at radius 2 is 1.92 bits per heavy atom. The predicted molar refractivity (Wildman–Crippen MR) is 98.1 cm³/mol. The van der Waals surface area contributed by atoms with E-state index >= 15 is 0 Å². The van der Waals surface area contributed by atoms with E-state index in [4.69, 9.17) is 5.73 Å². The van der Waals surface area contributed by atoms with Crippen LogP contribution in [0.15, 0.2) is 66.9 Å². The number of anilines is 1. The van der Waals surface area contributed by atoms with Gasteiger partial charge in [-0.3, -0.25) is 4.79 Å². The molecule has 120 valence electrons. The van der Waals surface area contributed by atoms with Crippen molar-refractivity contribution in [2.45, 2.75) is 6.54 Å². The second-order valence-corrected chi connectivity index (χ2v) is 5.68. The van der Waals surface area contributed by atoms with Gasteiger partial charge in [-0.2, -0.15) is 0 Å². The summed E-state index contributed by atoms with van der Waals surface area (Å²) in [6, 6.07) is 17.9. The maximum atomic E-state index is 12.3. The molecule has 1 amide bonds. The second kappa shape index (κ2) is 6.96. The van der Waals surface area contributed by atoms with Crippen molar-refractivity contribution in [3.05, 3.63) is 78.0 Å². The molecule has 0 unspecified atom stereocenters. The maximum Gasteiger partial charge on any atom is 0.246 e. The molecule has 0 saturated carbocycles. The van der Waals surface area contributed by atoms with Crippen LogP contribution >= 0.6 is 0 Å². The smallest absolute Gasteiger partial charge is 0.246 e. The first-order valence-electron chi connectivity index (χ1n) is 7.75. The van der Waals surface area contributed by atoms with Crippen molar-refractivity contribution in [2.75, 3.05) is 12.8 Å². The number of fused-ring (bicyclic) bond motifs is 1. The van der Waals surface area contributed by atoms with Crippen molar-refractivity contribution in [1.82, 2.24) is 9.88 Å². The Morgan fingerprint density at radius 3 is 2.71 bits per heavy atom. The Bertz CT molecular complexity index is 880. The lowest BCUT2D eigenvalue weighted by Gasteiger charge is -2.16. The van der Waals surface area contributed by atoms with Gasteiger partial charge >= 0.3 is 0 Å². The van der Waals surface area contributed by atoms with Crippen molar-refractivity contribution >= 4 is 28.6 Å². The lowest BCUT2D eigenvalue weighted by atomic mass is 10.0. The van der Waals surface area contributed by atoms with E-state index in [0.29, 0.717) is 12.4 Å². The van der Waals surface area contributed by atoms with Gasteiger partial charge < -0.3 is 10.6 Å². The summed E-state index contributed by atoms with van der Waals surface area (Å²) in [6.07, 6.45) is 4.94. The topological polar surface area (TPSA) is 59.2 Å². The van der Waals surface area contributed by atoms with Crippen LogP contribution in [0.5, 0.6) is 0 Å². The molecular weight excluding hydrogens is 298 g/mol. The van der Waals surface area contributed by atoms with Crippen LogP contribution in [0.2, 0.25) is 0 Å². The van der Waals surface area contributed by atoms with Crippen molar-refractivity contribution < 1.29 is 4.79 Å². The standard InChI is InChI=1S/C20H19N3O/c1-23(20(24)12-10-15-9-11-19(21)22-13-15)14-17-7-4-6-16-5-2-3-8-18(16)17/h2-13H,14H2,1H3,(H2,21,22)/b12-10+. The minimum atomic E-state index is -0.0558. The number of amides is 1. The van der Waals surface area contributed by atoms with Crippen LogP contribution in [0.1, 0.15) is 11.1 Å². The number of carbonyl (C=O) groups excluding carboxylic acids is 1. The van der Waals surface area contributed by atoms with Crippen molar-refractivity contribution in [3.8, 4) is 0 Å². The lowest BCUT2D eigenvalue weighted by molar-refractivity contribution is -0.125. The maximum absolute atomic E-state index is 12.3. The molecule has 0 aliphatic rings. The molecule has 0 radical (unpaired) electrons. The number of rotatable bonds is 4. The highest BCUT2D eigenvalue weighted by molar-refractivity contribution is 5.92. The van der Waals surface area contributed by atoms with Crippen molar-refractivity contribution in [1.29, 1.82) is 0 Å². The number of carbonyl (C=O) groups is 1. The summed E-state index contributed by atoms with van der Waals surface area (Å²) in [5, 5.41) is 2.35. The first kappa shape index (κ1) is 15.7. The van der Waals surface area contributed by atoms with Crippen LogP contribution in [-0.4, -0.2) is 22.8 Å². The number of nitrogen functional groups attached to an aromatic ring is 1. The van der Waals surface area contributed by atoms with Gasteiger partial charge in [0.25, 0.3) is 0 Å². The summed E-state index contributed by atoms with van der Waals surface area (Å²) in [7, 11) is 1.80. The molecule has 0 bridgehead atoms. The summed E-state index contributed by atoms with van der Waals surface area (Å²) in [6.45, 7) is 0.560. The Hall–Kier alpha value is -3.14. The number of benzene rings is 2. The molecule has 1 heterocycles. The zero-order valence-electron chi connectivity index (χ0n) is 13.5. The minimum Gasteiger partial charge on any atom is -0.384 e. The fourth-order valence-electron chi connectivity index (χ4n) is 2.57. The highest BCUT2D eigenvalue weighted by Crippen LogP contribution is 2.19. The van der Waals surface area contributed by atoms with Crippen LogP contribution < -0.4 is 5.73 Å². The van der Waals surface area contributed by atoms with E-state index in [1.807, 2.05) is 24.3 Å². The molecule has 3 rings (SSSR count). The molecule has 0 spiro atoms. The lowest BCUT2D eigenvalue weighted by Crippen LogP contribution is -2.24. The average molecular weight is 317 g/mol. The normalized spacial score (nSPS) is 11.0. The van der Waals surface area contributed by atoms with Crippen molar-refractivity contribution in [3.63, 3.8) is 0 Å².